The minimum Gasteiger partial charge on any atom is -0.465 e. The summed E-state index contributed by atoms with van der Waals surface area (Å²) in [5.74, 6) is -0.453. The van der Waals surface area contributed by atoms with Gasteiger partial charge in [-0.1, -0.05) is 0 Å². The van der Waals surface area contributed by atoms with Crippen molar-refractivity contribution in [2.45, 2.75) is 26.3 Å². The third-order valence-corrected chi connectivity index (χ3v) is 2.67. The summed E-state index contributed by atoms with van der Waals surface area (Å²) in [6, 6.07) is 1.32. The van der Waals surface area contributed by atoms with Crippen molar-refractivity contribution in [2.24, 2.45) is 0 Å². The van der Waals surface area contributed by atoms with Crippen LogP contribution >= 0.6 is 11.3 Å². The Morgan fingerprint density at radius 3 is 2.53 bits per heavy atom. The van der Waals surface area contributed by atoms with Crippen LogP contribution in [0.1, 0.15) is 30.4 Å². The van der Waals surface area contributed by atoms with Crippen molar-refractivity contribution >= 4 is 29.0 Å². The number of rotatable bonds is 2. The fraction of sp³-hybridized carbons (Fsp3) is 0.455. The van der Waals surface area contributed by atoms with Crippen molar-refractivity contribution in [3.05, 3.63) is 16.3 Å². The number of anilines is 1. The van der Waals surface area contributed by atoms with Gasteiger partial charge in [0.15, 0.2) is 0 Å². The molecular formula is C11H16N2O3S. The zero-order valence-corrected chi connectivity index (χ0v) is 11.1. The molecule has 1 rings (SSSR count). The average molecular weight is 256 g/mol. The Morgan fingerprint density at radius 2 is 2.00 bits per heavy atom. The van der Waals surface area contributed by atoms with E-state index in [0.29, 0.717) is 10.6 Å². The van der Waals surface area contributed by atoms with Crippen LogP contribution in [0.4, 0.5) is 10.5 Å². The third kappa shape index (κ3) is 4.07. The van der Waals surface area contributed by atoms with Gasteiger partial charge in [0.25, 0.3) is 0 Å². The van der Waals surface area contributed by atoms with Gasteiger partial charge in [-0.25, -0.2) is 9.59 Å². The van der Waals surface area contributed by atoms with Gasteiger partial charge >= 0.3 is 12.0 Å². The molecule has 0 aliphatic rings. The average Bonchev–Trinajstić information content (AvgIpc) is 2.61. The van der Waals surface area contributed by atoms with Gasteiger partial charge in [-0.15, -0.1) is 11.3 Å². The van der Waals surface area contributed by atoms with E-state index in [2.05, 4.69) is 15.4 Å². The van der Waals surface area contributed by atoms with Crippen molar-refractivity contribution in [1.29, 1.82) is 0 Å². The Balaban J connectivity index is 2.72. The maximum atomic E-state index is 11.6. The summed E-state index contributed by atoms with van der Waals surface area (Å²) in [5, 5.41) is 7.09. The first-order valence-electron chi connectivity index (χ1n) is 5.08. The van der Waals surface area contributed by atoms with Crippen LogP contribution in [-0.4, -0.2) is 24.6 Å². The van der Waals surface area contributed by atoms with Crippen molar-refractivity contribution in [2.75, 3.05) is 12.4 Å². The third-order valence-electron chi connectivity index (χ3n) is 1.77. The highest BCUT2D eigenvalue weighted by Crippen LogP contribution is 2.23. The number of esters is 1. The van der Waals surface area contributed by atoms with Crippen molar-refractivity contribution in [3.63, 3.8) is 0 Å². The van der Waals surface area contributed by atoms with Gasteiger partial charge in [-0.2, -0.15) is 0 Å². The molecule has 2 N–H and O–H groups in total. The number of nitrogens with one attached hydrogen (secondary N) is 2. The van der Waals surface area contributed by atoms with Crippen molar-refractivity contribution in [1.82, 2.24) is 5.32 Å². The van der Waals surface area contributed by atoms with Gasteiger partial charge in [0, 0.05) is 5.54 Å². The lowest BCUT2D eigenvalue weighted by Crippen LogP contribution is -2.43. The summed E-state index contributed by atoms with van der Waals surface area (Å²) in [6.07, 6.45) is 0. The lowest BCUT2D eigenvalue weighted by atomic mass is 10.1. The van der Waals surface area contributed by atoms with Gasteiger partial charge < -0.3 is 15.4 Å². The second-order valence-corrected chi connectivity index (χ2v) is 5.40. The Bertz CT molecular complexity index is 421. The van der Waals surface area contributed by atoms with E-state index >= 15 is 0 Å². The molecule has 0 bridgehead atoms. The van der Waals surface area contributed by atoms with Crippen LogP contribution in [0, 0.1) is 0 Å². The molecule has 5 nitrogen and oxygen atoms in total. The molecule has 1 aromatic rings. The van der Waals surface area contributed by atoms with E-state index in [9.17, 15) is 9.59 Å². The van der Waals surface area contributed by atoms with Crippen molar-refractivity contribution in [3.8, 4) is 0 Å². The fourth-order valence-electron chi connectivity index (χ4n) is 1.15. The maximum Gasteiger partial charge on any atom is 0.350 e. The summed E-state index contributed by atoms with van der Waals surface area (Å²) in [4.78, 5) is 23.4. The molecule has 0 saturated heterocycles. The van der Waals surface area contributed by atoms with E-state index < -0.39 is 5.97 Å². The number of thiophene rings is 1. The second kappa shape index (κ2) is 5.18. The topological polar surface area (TPSA) is 67.4 Å². The van der Waals surface area contributed by atoms with E-state index in [1.165, 1.54) is 18.4 Å². The molecule has 0 fully saturated rings. The molecule has 0 unspecified atom stereocenters. The molecule has 0 spiro atoms. The lowest BCUT2D eigenvalue weighted by molar-refractivity contribution is 0.0607. The summed E-state index contributed by atoms with van der Waals surface area (Å²) in [5.41, 5.74) is 0.134. The van der Waals surface area contributed by atoms with Crippen LogP contribution in [0.5, 0.6) is 0 Å². The molecule has 94 valence electrons. The van der Waals surface area contributed by atoms with Crippen molar-refractivity contribution < 1.29 is 14.3 Å². The van der Waals surface area contributed by atoms with Crippen LogP contribution < -0.4 is 10.6 Å². The Kier molecular flexibility index (Phi) is 4.11. The summed E-state index contributed by atoms with van der Waals surface area (Å²) in [7, 11) is 1.31. The molecule has 0 atom stereocenters. The highest BCUT2D eigenvalue weighted by Gasteiger charge is 2.18. The van der Waals surface area contributed by atoms with Crippen LogP contribution in [0.25, 0.3) is 0 Å². The SMILES string of the molecule is COC(=O)c1sccc1NC(=O)NC(C)(C)C. The van der Waals surface area contributed by atoms with E-state index in [4.69, 9.17) is 0 Å². The number of methoxy groups -OCH3 is 1. The molecule has 6 heteroatoms. The number of hydrogen-bond donors (Lipinski definition) is 2. The predicted molar refractivity (Wildman–Crippen MR) is 67.6 cm³/mol. The molecular weight excluding hydrogens is 240 g/mol. The highest BCUT2D eigenvalue weighted by atomic mass is 32.1. The smallest absolute Gasteiger partial charge is 0.350 e. The molecule has 0 aliphatic carbocycles. The standard InChI is InChI=1S/C11H16N2O3S/c1-11(2,3)13-10(15)12-7-5-6-17-8(7)9(14)16-4/h5-6H,1-4H3,(H2,12,13,15). The Labute approximate surface area is 104 Å². The van der Waals surface area contributed by atoms with Gasteiger partial charge in [0.1, 0.15) is 4.88 Å². The van der Waals surface area contributed by atoms with Crippen LogP contribution in [0.2, 0.25) is 0 Å². The van der Waals surface area contributed by atoms with E-state index in [1.807, 2.05) is 20.8 Å². The summed E-state index contributed by atoms with van der Waals surface area (Å²) >= 11 is 1.23. The van der Waals surface area contributed by atoms with Gasteiger partial charge in [0.2, 0.25) is 0 Å². The van der Waals surface area contributed by atoms with Crippen LogP contribution in [0.15, 0.2) is 11.4 Å². The molecule has 0 aromatic carbocycles. The Hall–Kier alpha value is -1.56. The minimum absolute atomic E-state index is 0.328. The molecule has 2 amide bonds. The number of urea groups is 1. The normalized spacial score (nSPS) is 10.8. The molecule has 17 heavy (non-hydrogen) atoms. The van der Waals surface area contributed by atoms with Gasteiger partial charge in [-0.3, -0.25) is 0 Å². The fourth-order valence-corrected chi connectivity index (χ4v) is 1.92. The number of carbonyl (C=O) groups excluding carboxylic acids is 2. The first-order valence-corrected chi connectivity index (χ1v) is 5.96. The summed E-state index contributed by atoms with van der Waals surface area (Å²) < 4.78 is 4.62. The maximum absolute atomic E-state index is 11.6. The number of amides is 2. The van der Waals surface area contributed by atoms with Crippen LogP contribution in [0.3, 0.4) is 0 Å². The van der Waals surface area contributed by atoms with Crippen LogP contribution in [-0.2, 0) is 4.74 Å². The zero-order valence-electron chi connectivity index (χ0n) is 10.3. The molecule has 0 aliphatic heterocycles. The van der Waals surface area contributed by atoms with E-state index in [0.717, 1.165) is 0 Å². The number of ether oxygens (including phenoxy) is 1. The van der Waals surface area contributed by atoms with E-state index in [1.54, 1.807) is 11.4 Å². The number of carbonyl (C=O) groups is 2. The van der Waals surface area contributed by atoms with E-state index in [-0.39, 0.29) is 11.6 Å². The molecule has 1 aromatic heterocycles. The second-order valence-electron chi connectivity index (χ2n) is 4.48. The predicted octanol–water partition coefficient (Wildman–Crippen LogP) is 2.45. The molecule has 0 radical (unpaired) electrons. The van der Waals surface area contributed by atoms with Gasteiger partial charge in [-0.05, 0) is 32.2 Å². The van der Waals surface area contributed by atoms with Gasteiger partial charge in [0.05, 0.1) is 12.8 Å². The first-order chi connectivity index (χ1) is 7.83. The molecule has 0 saturated carbocycles. The monoisotopic (exact) mass is 256 g/mol. The molecule has 1 heterocycles. The lowest BCUT2D eigenvalue weighted by Gasteiger charge is -2.20. The Morgan fingerprint density at radius 1 is 1.35 bits per heavy atom. The highest BCUT2D eigenvalue weighted by molar-refractivity contribution is 7.12. The quantitative estimate of drug-likeness (QED) is 0.799. The first kappa shape index (κ1) is 13.5. The zero-order chi connectivity index (χ0) is 13.1. The summed E-state index contributed by atoms with van der Waals surface area (Å²) in [6.45, 7) is 5.63. The largest absolute Gasteiger partial charge is 0.465 e. The number of hydrogen-bond acceptors (Lipinski definition) is 4. The minimum atomic E-state index is -0.453.